The number of carboxylic acids is 1. The molecule has 0 spiro atoms. The molecule has 5 nitrogen and oxygen atoms in total. The van der Waals surface area contributed by atoms with Gasteiger partial charge in [0.15, 0.2) is 0 Å². The van der Waals surface area contributed by atoms with Crippen molar-refractivity contribution in [2.45, 2.75) is 39.2 Å². The van der Waals surface area contributed by atoms with Crippen LogP contribution in [0.2, 0.25) is 0 Å². The fourth-order valence-corrected chi connectivity index (χ4v) is 3.01. The molecule has 0 bridgehead atoms. The Morgan fingerprint density at radius 3 is 2.89 bits per heavy atom. The summed E-state index contributed by atoms with van der Waals surface area (Å²) in [7, 11) is 0. The van der Waals surface area contributed by atoms with E-state index in [0.717, 1.165) is 24.8 Å². The van der Waals surface area contributed by atoms with Gasteiger partial charge >= 0.3 is 5.97 Å². The van der Waals surface area contributed by atoms with Crippen molar-refractivity contribution >= 4 is 17.0 Å². The first-order valence-corrected chi connectivity index (χ1v) is 6.55. The van der Waals surface area contributed by atoms with Crippen molar-refractivity contribution in [3.8, 4) is 0 Å². The van der Waals surface area contributed by atoms with Gasteiger partial charge in [-0.05, 0) is 36.8 Å². The van der Waals surface area contributed by atoms with Gasteiger partial charge in [-0.3, -0.25) is 0 Å². The van der Waals surface area contributed by atoms with E-state index < -0.39 is 5.97 Å². The van der Waals surface area contributed by atoms with Crippen LogP contribution in [0.4, 0.5) is 0 Å². The van der Waals surface area contributed by atoms with E-state index in [2.05, 4.69) is 24.2 Å². The first kappa shape index (κ1) is 12.1. The molecule has 3 rings (SSSR count). The van der Waals surface area contributed by atoms with Crippen LogP contribution in [0.1, 0.15) is 49.5 Å². The Labute approximate surface area is 111 Å². The maximum atomic E-state index is 11.2. The summed E-state index contributed by atoms with van der Waals surface area (Å²) >= 11 is 0. The number of hydrogen-bond donors (Lipinski definition) is 1. The van der Waals surface area contributed by atoms with E-state index in [4.69, 9.17) is 5.11 Å². The zero-order valence-electron chi connectivity index (χ0n) is 11.1. The minimum absolute atomic E-state index is 0.223. The highest BCUT2D eigenvalue weighted by atomic mass is 16.4. The zero-order chi connectivity index (χ0) is 13.6. The monoisotopic (exact) mass is 259 g/mol. The molecule has 1 saturated carbocycles. The molecule has 1 aliphatic carbocycles. The van der Waals surface area contributed by atoms with Crippen molar-refractivity contribution in [1.29, 1.82) is 0 Å². The zero-order valence-corrected chi connectivity index (χ0v) is 11.1. The van der Waals surface area contributed by atoms with Gasteiger partial charge in [-0.15, -0.1) is 5.10 Å². The van der Waals surface area contributed by atoms with Crippen molar-refractivity contribution in [3.63, 3.8) is 0 Å². The molecular weight excluding hydrogens is 242 g/mol. The summed E-state index contributed by atoms with van der Waals surface area (Å²) < 4.78 is 1.90. The van der Waals surface area contributed by atoms with E-state index in [1.807, 2.05) is 10.7 Å². The Hall–Kier alpha value is -1.91. The molecule has 1 fully saturated rings. The lowest BCUT2D eigenvalue weighted by molar-refractivity contribution is 0.0699. The molecule has 0 saturated heterocycles. The number of hydrogen-bond acceptors (Lipinski definition) is 3. The van der Waals surface area contributed by atoms with Gasteiger partial charge in [0, 0.05) is 0 Å². The highest BCUT2D eigenvalue weighted by Crippen LogP contribution is 2.43. The summed E-state index contributed by atoms with van der Waals surface area (Å²) in [6.07, 6.45) is 3.29. The van der Waals surface area contributed by atoms with Gasteiger partial charge in [0.2, 0.25) is 0 Å². The second-order valence-electron chi connectivity index (χ2n) is 6.07. The van der Waals surface area contributed by atoms with Gasteiger partial charge < -0.3 is 5.11 Å². The number of carboxylic acid groups (broad SMARTS) is 1. The van der Waals surface area contributed by atoms with E-state index in [1.165, 1.54) is 0 Å². The molecule has 1 aliphatic rings. The second kappa shape index (κ2) is 4.05. The van der Waals surface area contributed by atoms with Crippen molar-refractivity contribution in [3.05, 3.63) is 23.8 Å². The standard InChI is InChI=1S/C14H17N3O2/c1-14(2)7-6-9(8-14)17-11-5-3-4-10(13(18)19)12(11)15-16-17/h3-5,9H,6-8H2,1-2H3,(H,18,19). The SMILES string of the molecule is CC1(C)CCC(n2nnc3c(C(=O)O)cccc32)C1. The lowest BCUT2D eigenvalue weighted by atomic mass is 9.92. The van der Waals surface area contributed by atoms with Crippen LogP contribution in [-0.2, 0) is 0 Å². The van der Waals surface area contributed by atoms with Gasteiger partial charge in [0.25, 0.3) is 0 Å². The Morgan fingerprint density at radius 1 is 1.47 bits per heavy atom. The van der Waals surface area contributed by atoms with Gasteiger partial charge in [-0.2, -0.15) is 0 Å². The minimum Gasteiger partial charge on any atom is -0.478 e. The fraction of sp³-hybridized carbons (Fsp3) is 0.500. The largest absolute Gasteiger partial charge is 0.478 e. The third-order valence-electron chi connectivity index (χ3n) is 4.02. The molecule has 2 aromatic rings. The molecule has 0 amide bonds. The molecular formula is C14H17N3O2. The predicted molar refractivity (Wildman–Crippen MR) is 71.2 cm³/mol. The molecule has 100 valence electrons. The maximum Gasteiger partial charge on any atom is 0.338 e. The Kier molecular flexibility index (Phi) is 2.59. The van der Waals surface area contributed by atoms with Gasteiger partial charge in [0.1, 0.15) is 5.52 Å². The highest BCUT2D eigenvalue weighted by molar-refractivity contribution is 6.00. The quantitative estimate of drug-likeness (QED) is 0.900. The molecule has 1 N–H and O–H groups in total. The van der Waals surface area contributed by atoms with Gasteiger partial charge in [-0.1, -0.05) is 25.1 Å². The summed E-state index contributed by atoms with van der Waals surface area (Å²) in [5.41, 5.74) is 1.86. The Morgan fingerprint density at radius 2 is 2.26 bits per heavy atom. The van der Waals surface area contributed by atoms with E-state index >= 15 is 0 Å². The third-order valence-corrected chi connectivity index (χ3v) is 4.02. The molecule has 1 heterocycles. The lowest BCUT2D eigenvalue weighted by Gasteiger charge is -2.17. The Balaban J connectivity index is 2.07. The van der Waals surface area contributed by atoms with Crippen molar-refractivity contribution in [2.75, 3.05) is 0 Å². The predicted octanol–water partition coefficient (Wildman–Crippen LogP) is 2.88. The summed E-state index contributed by atoms with van der Waals surface area (Å²) in [6, 6.07) is 5.55. The maximum absolute atomic E-state index is 11.2. The van der Waals surface area contributed by atoms with Crippen LogP contribution in [0.3, 0.4) is 0 Å². The number of aromatic nitrogens is 3. The lowest BCUT2D eigenvalue weighted by Crippen LogP contribution is -2.10. The van der Waals surface area contributed by atoms with E-state index in [0.29, 0.717) is 17.0 Å². The van der Waals surface area contributed by atoms with Crippen LogP contribution < -0.4 is 0 Å². The van der Waals surface area contributed by atoms with Crippen LogP contribution >= 0.6 is 0 Å². The number of carbonyl (C=O) groups is 1. The van der Waals surface area contributed by atoms with Crippen LogP contribution in [-0.4, -0.2) is 26.1 Å². The van der Waals surface area contributed by atoms with Crippen molar-refractivity contribution in [2.24, 2.45) is 5.41 Å². The summed E-state index contributed by atoms with van der Waals surface area (Å²) in [6.45, 7) is 4.52. The average molecular weight is 259 g/mol. The number of aromatic carboxylic acids is 1. The number of fused-ring (bicyclic) bond motifs is 1. The average Bonchev–Trinajstić information content (AvgIpc) is 2.91. The molecule has 0 aliphatic heterocycles. The number of rotatable bonds is 2. The van der Waals surface area contributed by atoms with Crippen LogP contribution in [0.25, 0.3) is 11.0 Å². The molecule has 1 unspecified atom stereocenters. The van der Waals surface area contributed by atoms with E-state index in [1.54, 1.807) is 12.1 Å². The van der Waals surface area contributed by atoms with E-state index in [-0.39, 0.29) is 5.56 Å². The van der Waals surface area contributed by atoms with E-state index in [9.17, 15) is 4.79 Å². The van der Waals surface area contributed by atoms with Gasteiger partial charge in [0.05, 0.1) is 17.1 Å². The van der Waals surface area contributed by atoms with Crippen LogP contribution in [0.5, 0.6) is 0 Å². The van der Waals surface area contributed by atoms with Crippen molar-refractivity contribution < 1.29 is 9.90 Å². The smallest absolute Gasteiger partial charge is 0.338 e. The first-order valence-electron chi connectivity index (χ1n) is 6.55. The summed E-state index contributed by atoms with van der Waals surface area (Å²) in [4.78, 5) is 11.2. The molecule has 0 radical (unpaired) electrons. The Bertz CT molecular complexity index is 645. The number of benzene rings is 1. The molecule has 1 atom stereocenters. The van der Waals surface area contributed by atoms with Crippen LogP contribution in [0.15, 0.2) is 18.2 Å². The molecule has 5 heteroatoms. The summed E-state index contributed by atoms with van der Waals surface area (Å²) in [5.74, 6) is -0.954. The number of nitrogens with zero attached hydrogens (tertiary/aromatic N) is 3. The van der Waals surface area contributed by atoms with Crippen molar-refractivity contribution in [1.82, 2.24) is 15.0 Å². The first-order chi connectivity index (χ1) is 8.98. The second-order valence-corrected chi connectivity index (χ2v) is 6.07. The molecule has 19 heavy (non-hydrogen) atoms. The molecule has 1 aromatic heterocycles. The normalized spacial score (nSPS) is 21.9. The molecule has 1 aromatic carbocycles. The third kappa shape index (κ3) is 1.99. The summed E-state index contributed by atoms with van der Waals surface area (Å²) in [5, 5.41) is 17.4. The topological polar surface area (TPSA) is 68.0 Å². The van der Waals surface area contributed by atoms with Gasteiger partial charge in [-0.25, -0.2) is 9.48 Å². The van der Waals surface area contributed by atoms with Crippen LogP contribution in [0, 0.1) is 5.41 Å². The fourth-order valence-electron chi connectivity index (χ4n) is 3.01. The minimum atomic E-state index is -0.954. The highest BCUT2D eigenvalue weighted by Gasteiger charge is 2.33.